The molecule has 0 radical (unpaired) electrons. The molecule has 0 heterocycles. The number of phenolic OH excluding ortho intramolecular Hbond substituents is 1. The quantitative estimate of drug-likeness (QED) is 0.585. The Balaban J connectivity index is 2.38. The number of aromatic hydroxyl groups is 1. The second-order valence-electron chi connectivity index (χ2n) is 3.92. The van der Waals surface area contributed by atoms with Gasteiger partial charge in [-0.2, -0.15) is 4.39 Å². The number of rotatable bonds is 2. The number of anilines is 2. The summed E-state index contributed by atoms with van der Waals surface area (Å²) in [5, 5.41) is 11.3. The maximum atomic E-state index is 13.5. The molecule has 0 spiro atoms. The molecule has 0 bridgehead atoms. The average Bonchev–Trinajstić information content (AvgIpc) is 2.43. The number of para-hydroxylation sites is 2. The van der Waals surface area contributed by atoms with Crippen LogP contribution in [0.5, 0.6) is 5.75 Å². The number of hydrogen-bond donors (Lipinski definition) is 3. The largest absolute Gasteiger partial charge is 0.503 e. The second-order valence-corrected chi connectivity index (χ2v) is 3.92. The van der Waals surface area contributed by atoms with Crippen LogP contribution in [-0.2, 0) is 0 Å². The smallest absolute Gasteiger partial charge is 0.258 e. The number of phenols is 1. The van der Waals surface area contributed by atoms with E-state index in [4.69, 9.17) is 10.8 Å². The topological polar surface area (TPSA) is 75.3 Å². The van der Waals surface area contributed by atoms with Crippen LogP contribution in [0.15, 0.2) is 30.3 Å². The van der Waals surface area contributed by atoms with Gasteiger partial charge in [0.25, 0.3) is 5.91 Å². The predicted molar refractivity (Wildman–Crippen MR) is 66.8 cm³/mol. The monoisotopic (exact) mass is 282 g/mol. The number of nitrogen functional groups attached to an aromatic ring is 1. The first-order valence-corrected chi connectivity index (χ1v) is 5.44. The molecule has 0 fully saturated rings. The van der Waals surface area contributed by atoms with Crippen LogP contribution in [0.25, 0.3) is 0 Å². The summed E-state index contributed by atoms with van der Waals surface area (Å²) in [5.74, 6) is -7.44. The van der Waals surface area contributed by atoms with Gasteiger partial charge < -0.3 is 16.2 Å². The predicted octanol–water partition coefficient (Wildman–Crippen LogP) is 2.64. The van der Waals surface area contributed by atoms with Crippen LogP contribution >= 0.6 is 0 Å². The maximum Gasteiger partial charge on any atom is 0.258 e. The number of benzene rings is 2. The molecule has 0 unspecified atom stereocenters. The van der Waals surface area contributed by atoms with Crippen molar-refractivity contribution in [1.82, 2.24) is 0 Å². The van der Waals surface area contributed by atoms with E-state index in [1.807, 2.05) is 0 Å². The lowest BCUT2D eigenvalue weighted by Crippen LogP contribution is -2.15. The van der Waals surface area contributed by atoms with Gasteiger partial charge in [0.05, 0.1) is 16.9 Å². The number of amides is 1. The van der Waals surface area contributed by atoms with Gasteiger partial charge in [-0.1, -0.05) is 12.1 Å². The molecule has 0 aliphatic rings. The molecule has 2 rings (SSSR count). The van der Waals surface area contributed by atoms with Crippen molar-refractivity contribution >= 4 is 17.3 Å². The lowest BCUT2D eigenvalue weighted by molar-refractivity contribution is 0.102. The number of carbonyl (C=O) groups is 1. The second kappa shape index (κ2) is 5.12. The number of nitrogens with two attached hydrogens (primary N) is 1. The summed E-state index contributed by atoms with van der Waals surface area (Å²) in [7, 11) is 0. The van der Waals surface area contributed by atoms with Crippen molar-refractivity contribution in [2.75, 3.05) is 11.1 Å². The van der Waals surface area contributed by atoms with E-state index in [0.29, 0.717) is 6.07 Å². The van der Waals surface area contributed by atoms with Crippen molar-refractivity contribution in [2.24, 2.45) is 0 Å². The molecule has 1 amide bonds. The Kier molecular flexibility index (Phi) is 3.51. The van der Waals surface area contributed by atoms with E-state index in [0.717, 1.165) is 0 Å². The standard InChI is InChI=1S/C13H9F3N2O2/c14-7-5-6(10(15)12(19)11(7)16)13(20)18-9-4-2-1-3-8(9)17/h1-5,19H,17H2,(H,18,20). The third-order valence-corrected chi connectivity index (χ3v) is 2.59. The van der Waals surface area contributed by atoms with Gasteiger partial charge in [0.1, 0.15) is 0 Å². The Morgan fingerprint density at radius 1 is 1.15 bits per heavy atom. The number of nitrogens with one attached hydrogen (secondary N) is 1. The van der Waals surface area contributed by atoms with E-state index < -0.39 is 34.7 Å². The minimum atomic E-state index is -1.75. The first-order valence-electron chi connectivity index (χ1n) is 5.44. The van der Waals surface area contributed by atoms with Crippen molar-refractivity contribution in [3.05, 3.63) is 53.3 Å². The molecule has 2 aromatic carbocycles. The Morgan fingerprint density at radius 2 is 1.80 bits per heavy atom. The highest BCUT2D eigenvalue weighted by Gasteiger charge is 2.22. The van der Waals surface area contributed by atoms with E-state index in [1.54, 1.807) is 12.1 Å². The summed E-state index contributed by atoms with van der Waals surface area (Å²) >= 11 is 0. The van der Waals surface area contributed by atoms with Gasteiger partial charge in [-0.15, -0.1) is 0 Å². The molecule has 4 N–H and O–H groups in total. The molecule has 0 aromatic heterocycles. The summed E-state index contributed by atoms with van der Waals surface area (Å²) in [4.78, 5) is 11.8. The van der Waals surface area contributed by atoms with E-state index >= 15 is 0 Å². The number of hydrogen-bond acceptors (Lipinski definition) is 3. The molecule has 7 heteroatoms. The highest BCUT2D eigenvalue weighted by molar-refractivity contribution is 6.06. The summed E-state index contributed by atoms with van der Waals surface area (Å²) in [5.41, 5.74) is 5.15. The Bertz CT molecular complexity index is 690. The normalized spacial score (nSPS) is 10.3. The molecule has 0 saturated carbocycles. The zero-order valence-electron chi connectivity index (χ0n) is 9.95. The molecule has 0 aliphatic carbocycles. The van der Waals surface area contributed by atoms with Gasteiger partial charge >= 0.3 is 0 Å². The summed E-state index contributed by atoms with van der Waals surface area (Å²) in [6.45, 7) is 0. The SMILES string of the molecule is Nc1ccccc1NC(=O)c1cc(F)c(F)c(O)c1F. The van der Waals surface area contributed by atoms with Crippen LogP contribution in [0, 0.1) is 17.5 Å². The van der Waals surface area contributed by atoms with Crippen LogP contribution in [0.3, 0.4) is 0 Å². The number of carbonyl (C=O) groups excluding carboxylic acids is 1. The molecule has 0 saturated heterocycles. The maximum absolute atomic E-state index is 13.5. The summed E-state index contributed by atoms with van der Waals surface area (Å²) in [6, 6.07) is 6.50. The van der Waals surface area contributed by atoms with Gasteiger partial charge in [-0.05, 0) is 18.2 Å². The third-order valence-electron chi connectivity index (χ3n) is 2.59. The first-order chi connectivity index (χ1) is 9.41. The molecule has 104 valence electrons. The van der Waals surface area contributed by atoms with Gasteiger partial charge in [0.2, 0.25) is 5.82 Å². The molecule has 4 nitrogen and oxygen atoms in total. The highest BCUT2D eigenvalue weighted by Crippen LogP contribution is 2.27. The van der Waals surface area contributed by atoms with Gasteiger partial charge in [0, 0.05) is 0 Å². The van der Waals surface area contributed by atoms with Crippen molar-refractivity contribution in [1.29, 1.82) is 0 Å². The lowest BCUT2D eigenvalue weighted by Gasteiger charge is -2.09. The van der Waals surface area contributed by atoms with E-state index in [9.17, 15) is 18.0 Å². The van der Waals surface area contributed by atoms with Crippen molar-refractivity contribution < 1.29 is 23.1 Å². The van der Waals surface area contributed by atoms with Crippen LogP contribution in [0.1, 0.15) is 10.4 Å². The van der Waals surface area contributed by atoms with Crippen molar-refractivity contribution in [3.8, 4) is 5.75 Å². The minimum absolute atomic E-state index is 0.182. The minimum Gasteiger partial charge on any atom is -0.503 e. The fraction of sp³-hybridized carbons (Fsp3) is 0. The van der Waals surface area contributed by atoms with Gasteiger partial charge in [-0.3, -0.25) is 4.79 Å². The Hall–Kier alpha value is -2.70. The molecular weight excluding hydrogens is 273 g/mol. The fourth-order valence-electron chi connectivity index (χ4n) is 1.56. The van der Waals surface area contributed by atoms with Crippen LogP contribution in [-0.4, -0.2) is 11.0 Å². The van der Waals surface area contributed by atoms with Crippen LogP contribution in [0.4, 0.5) is 24.5 Å². The molecular formula is C13H9F3N2O2. The van der Waals surface area contributed by atoms with Gasteiger partial charge in [0.15, 0.2) is 17.4 Å². The molecule has 20 heavy (non-hydrogen) atoms. The highest BCUT2D eigenvalue weighted by atomic mass is 19.2. The number of halogens is 3. The lowest BCUT2D eigenvalue weighted by atomic mass is 10.1. The van der Waals surface area contributed by atoms with Crippen molar-refractivity contribution in [2.45, 2.75) is 0 Å². The molecule has 2 aromatic rings. The van der Waals surface area contributed by atoms with E-state index in [2.05, 4.69) is 5.32 Å². The van der Waals surface area contributed by atoms with Crippen LogP contribution < -0.4 is 11.1 Å². The van der Waals surface area contributed by atoms with E-state index in [-0.39, 0.29) is 11.4 Å². The van der Waals surface area contributed by atoms with Crippen LogP contribution in [0.2, 0.25) is 0 Å². The van der Waals surface area contributed by atoms with Gasteiger partial charge in [-0.25, -0.2) is 8.78 Å². The first kappa shape index (κ1) is 13.7. The Morgan fingerprint density at radius 3 is 2.45 bits per heavy atom. The summed E-state index contributed by atoms with van der Waals surface area (Å²) in [6.07, 6.45) is 0. The zero-order chi connectivity index (χ0) is 14.9. The third kappa shape index (κ3) is 2.37. The van der Waals surface area contributed by atoms with E-state index in [1.165, 1.54) is 12.1 Å². The fourth-order valence-corrected chi connectivity index (χ4v) is 1.56. The Labute approximate surface area is 111 Å². The average molecular weight is 282 g/mol. The summed E-state index contributed by atoms with van der Waals surface area (Å²) < 4.78 is 39.5. The zero-order valence-corrected chi connectivity index (χ0v) is 9.95. The molecule has 0 atom stereocenters. The molecule has 0 aliphatic heterocycles. The van der Waals surface area contributed by atoms with Crippen molar-refractivity contribution in [3.63, 3.8) is 0 Å².